The molecular formula is C14H21NO3. The van der Waals surface area contributed by atoms with Gasteiger partial charge in [-0.15, -0.1) is 0 Å². The number of anilines is 1. The smallest absolute Gasteiger partial charge is 0.229 e. The fourth-order valence-corrected chi connectivity index (χ4v) is 1.66. The third-order valence-electron chi connectivity index (χ3n) is 2.97. The molecule has 0 spiro atoms. The van der Waals surface area contributed by atoms with Crippen molar-refractivity contribution in [2.45, 2.75) is 26.9 Å². The van der Waals surface area contributed by atoms with E-state index in [1.165, 1.54) is 0 Å². The first-order valence-electron chi connectivity index (χ1n) is 6.08. The maximum Gasteiger partial charge on any atom is 0.229 e. The second-order valence-electron chi connectivity index (χ2n) is 4.74. The predicted octanol–water partition coefficient (Wildman–Crippen LogP) is 2.29. The van der Waals surface area contributed by atoms with Gasteiger partial charge in [0.1, 0.15) is 5.75 Å². The summed E-state index contributed by atoms with van der Waals surface area (Å²) < 4.78 is 5.04. The van der Waals surface area contributed by atoms with Gasteiger partial charge in [-0.1, -0.05) is 20.8 Å². The highest BCUT2D eigenvalue weighted by Gasteiger charge is 2.24. The van der Waals surface area contributed by atoms with Gasteiger partial charge >= 0.3 is 0 Å². The summed E-state index contributed by atoms with van der Waals surface area (Å²) >= 11 is 0. The molecule has 0 unspecified atom stereocenters. The standard InChI is InChI=1S/C14H21NO3/c1-9(2)13(16)10(3)14(17)15-11-5-7-12(18-4)8-6-11/h5-10,13,16H,1-4H3,(H,15,17)/t10-,13+/m0/s1. The van der Waals surface area contributed by atoms with Crippen molar-refractivity contribution in [3.05, 3.63) is 24.3 Å². The van der Waals surface area contributed by atoms with Crippen molar-refractivity contribution in [3.63, 3.8) is 0 Å². The van der Waals surface area contributed by atoms with E-state index in [0.717, 1.165) is 5.75 Å². The highest BCUT2D eigenvalue weighted by atomic mass is 16.5. The molecule has 0 saturated carbocycles. The second kappa shape index (κ2) is 6.40. The van der Waals surface area contributed by atoms with Crippen LogP contribution in [0.25, 0.3) is 0 Å². The van der Waals surface area contributed by atoms with E-state index in [2.05, 4.69) is 5.32 Å². The molecule has 1 amide bonds. The molecule has 1 aromatic carbocycles. The number of hydrogen-bond acceptors (Lipinski definition) is 3. The lowest BCUT2D eigenvalue weighted by atomic mass is 9.94. The van der Waals surface area contributed by atoms with Crippen molar-refractivity contribution < 1.29 is 14.6 Å². The molecule has 4 nitrogen and oxygen atoms in total. The van der Waals surface area contributed by atoms with Crippen LogP contribution in [0.2, 0.25) is 0 Å². The number of carbonyl (C=O) groups is 1. The molecule has 0 aliphatic heterocycles. The van der Waals surface area contributed by atoms with Gasteiger partial charge in [0.15, 0.2) is 0 Å². The Labute approximate surface area is 108 Å². The Kier molecular flexibility index (Phi) is 5.16. The predicted molar refractivity (Wildman–Crippen MR) is 71.6 cm³/mol. The number of hydrogen-bond donors (Lipinski definition) is 2. The maximum atomic E-state index is 11.9. The van der Waals surface area contributed by atoms with Crippen LogP contribution in [0.15, 0.2) is 24.3 Å². The molecule has 4 heteroatoms. The number of benzene rings is 1. The van der Waals surface area contributed by atoms with Crippen molar-refractivity contribution in [2.24, 2.45) is 11.8 Å². The number of methoxy groups -OCH3 is 1. The molecule has 100 valence electrons. The molecular weight excluding hydrogens is 230 g/mol. The number of rotatable bonds is 5. The first kappa shape index (κ1) is 14.5. The number of carbonyl (C=O) groups excluding carboxylic acids is 1. The molecule has 0 aliphatic rings. The fourth-order valence-electron chi connectivity index (χ4n) is 1.66. The first-order valence-corrected chi connectivity index (χ1v) is 6.08. The summed E-state index contributed by atoms with van der Waals surface area (Å²) in [5, 5.41) is 12.6. The van der Waals surface area contributed by atoms with E-state index >= 15 is 0 Å². The molecule has 0 bridgehead atoms. The highest BCUT2D eigenvalue weighted by Crippen LogP contribution is 2.18. The summed E-state index contributed by atoms with van der Waals surface area (Å²) in [5.41, 5.74) is 0.698. The van der Waals surface area contributed by atoms with Gasteiger partial charge in [-0.3, -0.25) is 4.79 Å². The van der Waals surface area contributed by atoms with E-state index in [9.17, 15) is 9.90 Å². The minimum Gasteiger partial charge on any atom is -0.497 e. The van der Waals surface area contributed by atoms with Crippen molar-refractivity contribution in [2.75, 3.05) is 12.4 Å². The average Bonchev–Trinajstić information content (AvgIpc) is 2.37. The van der Waals surface area contributed by atoms with Crippen molar-refractivity contribution in [3.8, 4) is 5.75 Å². The average molecular weight is 251 g/mol. The van der Waals surface area contributed by atoms with Crippen molar-refractivity contribution in [1.82, 2.24) is 0 Å². The van der Waals surface area contributed by atoms with Crippen LogP contribution >= 0.6 is 0 Å². The van der Waals surface area contributed by atoms with Crippen LogP contribution in [0, 0.1) is 11.8 Å². The third kappa shape index (κ3) is 3.74. The van der Waals surface area contributed by atoms with Crippen LogP contribution in [0.1, 0.15) is 20.8 Å². The Morgan fingerprint density at radius 1 is 1.22 bits per heavy atom. The van der Waals surface area contributed by atoms with Gasteiger partial charge in [-0.25, -0.2) is 0 Å². The minimum atomic E-state index is -0.636. The molecule has 1 aromatic rings. The van der Waals surface area contributed by atoms with Crippen LogP contribution in [0.5, 0.6) is 5.75 Å². The van der Waals surface area contributed by atoms with Crippen LogP contribution < -0.4 is 10.1 Å². The number of amides is 1. The van der Waals surface area contributed by atoms with Crippen LogP contribution in [0.4, 0.5) is 5.69 Å². The molecule has 18 heavy (non-hydrogen) atoms. The normalized spacial score (nSPS) is 14.1. The summed E-state index contributed by atoms with van der Waals surface area (Å²) in [4.78, 5) is 11.9. The summed E-state index contributed by atoms with van der Waals surface area (Å²) in [5.74, 6) is 0.179. The minimum absolute atomic E-state index is 0.0571. The van der Waals surface area contributed by atoms with Gasteiger partial charge in [-0.05, 0) is 30.2 Å². The van der Waals surface area contributed by atoms with Crippen LogP contribution in [-0.2, 0) is 4.79 Å². The van der Waals surface area contributed by atoms with Gasteiger partial charge in [0.25, 0.3) is 0 Å². The first-order chi connectivity index (χ1) is 8.45. The lowest BCUT2D eigenvalue weighted by Crippen LogP contribution is -2.33. The van der Waals surface area contributed by atoms with Crippen molar-refractivity contribution >= 4 is 11.6 Å². The zero-order chi connectivity index (χ0) is 13.7. The Morgan fingerprint density at radius 2 is 1.78 bits per heavy atom. The van der Waals surface area contributed by atoms with Gasteiger partial charge < -0.3 is 15.2 Å². The lowest BCUT2D eigenvalue weighted by molar-refractivity contribution is -0.123. The summed E-state index contributed by atoms with van der Waals surface area (Å²) in [6, 6.07) is 7.09. The molecule has 0 aromatic heterocycles. The SMILES string of the molecule is COc1ccc(NC(=O)[C@@H](C)[C@H](O)C(C)C)cc1. The summed E-state index contributed by atoms with van der Waals surface area (Å²) in [7, 11) is 1.59. The van der Waals surface area contributed by atoms with Gasteiger partial charge in [0, 0.05) is 5.69 Å². The van der Waals surface area contributed by atoms with Gasteiger partial charge in [-0.2, -0.15) is 0 Å². The molecule has 2 atom stereocenters. The van der Waals surface area contributed by atoms with Crippen LogP contribution in [0.3, 0.4) is 0 Å². The number of nitrogens with one attached hydrogen (secondary N) is 1. The number of aliphatic hydroxyl groups is 1. The molecule has 2 N–H and O–H groups in total. The van der Waals surface area contributed by atoms with Crippen LogP contribution in [-0.4, -0.2) is 24.2 Å². The molecule has 1 rings (SSSR count). The lowest BCUT2D eigenvalue weighted by Gasteiger charge is -2.21. The largest absolute Gasteiger partial charge is 0.497 e. The highest BCUT2D eigenvalue weighted by molar-refractivity contribution is 5.92. The Hall–Kier alpha value is -1.55. The monoisotopic (exact) mass is 251 g/mol. The second-order valence-corrected chi connectivity index (χ2v) is 4.74. The van der Waals surface area contributed by atoms with E-state index in [0.29, 0.717) is 5.69 Å². The Morgan fingerprint density at radius 3 is 2.22 bits per heavy atom. The quantitative estimate of drug-likeness (QED) is 0.844. The topological polar surface area (TPSA) is 58.6 Å². The van der Waals surface area contributed by atoms with E-state index in [1.54, 1.807) is 38.3 Å². The zero-order valence-electron chi connectivity index (χ0n) is 11.3. The fraction of sp³-hybridized carbons (Fsp3) is 0.500. The van der Waals surface area contributed by atoms with Gasteiger partial charge in [0.05, 0.1) is 19.1 Å². The van der Waals surface area contributed by atoms with E-state index in [4.69, 9.17) is 4.74 Å². The Balaban J connectivity index is 2.63. The maximum absolute atomic E-state index is 11.9. The third-order valence-corrected chi connectivity index (χ3v) is 2.97. The molecule has 0 heterocycles. The molecule has 0 saturated heterocycles. The summed E-state index contributed by atoms with van der Waals surface area (Å²) in [6.07, 6.45) is -0.636. The van der Waals surface area contributed by atoms with E-state index in [-0.39, 0.29) is 11.8 Å². The number of aliphatic hydroxyl groups excluding tert-OH is 1. The van der Waals surface area contributed by atoms with Gasteiger partial charge in [0.2, 0.25) is 5.91 Å². The molecule has 0 fully saturated rings. The zero-order valence-corrected chi connectivity index (χ0v) is 11.3. The van der Waals surface area contributed by atoms with E-state index < -0.39 is 12.0 Å². The summed E-state index contributed by atoms with van der Waals surface area (Å²) in [6.45, 7) is 5.51. The molecule has 0 radical (unpaired) electrons. The van der Waals surface area contributed by atoms with E-state index in [1.807, 2.05) is 13.8 Å². The van der Waals surface area contributed by atoms with Crippen molar-refractivity contribution in [1.29, 1.82) is 0 Å². The number of ether oxygens (including phenoxy) is 1. The molecule has 0 aliphatic carbocycles. The Bertz CT molecular complexity index is 387.